The number of ether oxygens (including phenoxy) is 2. The van der Waals surface area contributed by atoms with Gasteiger partial charge in [-0.3, -0.25) is 4.99 Å². The summed E-state index contributed by atoms with van der Waals surface area (Å²) in [6.45, 7) is 4.55. The third kappa shape index (κ3) is 6.06. The summed E-state index contributed by atoms with van der Waals surface area (Å²) < 4.78 is 12.6. The van der Waals surface area contributed by atoms with Gasteiger partial charge in [-0.25, -0.2) is 9.67 Å². The number of guanidine groups is 1. The van der Waals surface area contributed by atoms with Crippen molar-refractivity contribution in [2.45, 2.75) is 45.5 Å². The van der Waals surface area contributed by atoms with Gasteiger partial charge in [-0.15, -0.1) is 24.0 Å². The van der Waals surface area contributed by atoms with Crippen molar-refractivity contribution < 1.29 is 9.47 Å². The van der Waals surface area contributed by atoms with Crippen LogP contribution in [0.4, 0.5) is 0 Å². The number of fused-ring (bicyclic) bond motifs is 1. The summed E-state index contributed by atoms with van der Waals surface area (Å²) in [5.74, 6) is 3.43. The Labute approximate surface area is 183 Å². The van der Waals surface area contributed by atoms with Gasteiger partial charge in [0.2, 0.25) is 0 Å². The molecule has 2 aromatic rings. The van der Waals surface area contributed by atoms with Gasteiger partial charge in [0.25, 0.3) is 0 Å². The van der Waals surface area contributed by atoms with Crippen LogP contribution in [0.25, 0.3) is 0 Å². The Morgan fingerprint density at radius 2 is 2.25 bits per heavy atom. The van der Waals surface area contributed by atoms with Gasteiger partial charge in [-0.2, -0.15) is 5.10 Å². The Bertz CT molecular complexity index is 780. The maximum Gasteiger partial charge on any atom is 0.191 e. The van der Waals surface area contributed by atoms with Crippen molar-refractivity contribution in [3.8, 4) is 5.75 Å². The van der Waals surface area contributed by atoms with Crippen LogP contribution in [0, 0.1) is 0 Å². The highest BCUT2D eigenvalue weighted by Crippen LogP contribution is 2.14. The Hall–Kier alpha value is -1.88. The van der Waals surface area contributed by atoms with Crippen molar-refractivity contribution in [1.29, 1.82) is 0 Å². The van der Waals surface area contributed by atoms with E-state index in [-0.39, 0.29) is 30.0 Å². The van der Waals surface area contributed by atoms with E-state index in [2.05, 4.69) is 31.8 Å². The second-order valence-corrected chi connectivity index (χ2v) is 6.45. The standard InChI is InChI=1S/C19H28N6O2.HI/c1-4-27-16-7-5-6-14(10-16)11-21-19(20-2)22-15-8-9-18-23-17(13-26-3)24-25(18)12-15;/h5-7,10,15H,4,8-9,11-13H2,1-3H3,(H2,20,21,22);1H. The lowest BCUT2D eigenvalue weighted by atomic mass is 10.1. The number of hydrogen-bond donors (Lipinski definition) is 2. The Balaban J connectivity index is 0.00000280. The molecule has 3 rings (SSSR count). The van der Waals surface area contributed by atoms with Crippen LogP contribution in [0.5, 0.6) is 5.75 Å². The maximum atomic E-state index is 5.56. The molecule has 0 saturated carbocycles. The molecule has 9 heteroatoms. The quantitative estimate of drug-likeness (QED) is 0.344. The van der Waals surface area contributed by atoms with Gasteiger partial charge in [-0.1, -0.05) is 12.1 Å². The van der Waals surface area contributed by atoms with Crippen molar-refractivity contribution in [2.75, 3.05) is 20.8 Å². The predicted octanol–water partition coefficient (Wildman–Crippen LogP) is 2.12. The minimum atomic E-state index is 0. The molecule has 28 heavy (non-hydrogen) atoms. The minimum absolute atomic E-state index is 0. The number of halogens is 1. The number of rotatable bonds is 7. The fourth-order valence-electron chi connectivity index (χ4n) is 3.15. The molecule has 2 heterocycles. The molecule has 0 radical (unpaired) electrons. The molecule has 0 bridgehead atoms. The predicted molar refractivity (Wildman–Crippen MR) is 119 cm³/mol. The first-order valence-electron chi connectivity index (χ1n) is 9.32. The summed E-state index contributed by atoms with van der Waals surface area (Å²) in [5, 5.41) is 11.4. The largest absolute Gasteiger partial charge is 0.494 e. The number of nitrogens with one attached hydrogen (secondary N) is 2. The molecule has 1 aliphatic heterocycles. The van der Waals surface area contributed by atoms with E-state index in [1.165, 1.54) is 0 Å². The first-order valence-corrected chi connectivity index (χ1v) is 9.32. The van der Waals surface area contributed by atoms with Crippen LogP contribution in [0.2, 0.25) is 0 Å². The Kier molecular flexibility index (Phi) is 8.97. The summed E-state index contributed by atoms with van der Waals surface area (Å²) in [5.41, 5.74) is 1.15. The van der Waals surface area contributed by atoms with Crippen LogP contribution in [-0.4, -0.2) is 47.5 Å². The molecule has 154 valence electrons. The van der Waals surface area contributed by atoms with Crippen LogP contribution in [0.15, 0.2) is 29.3 Å². The molecular weight excluding hydrogens is 471 g/mol. The smallest absolute Gasteiger partial charge is 0.191 e. The van der Waals surface area contributed by atoms with Crippen molar-refractivity contribution in [3.63, 3.8) is 0 Å². The van der Waals surface area contributed by atoms with Crippen LogP contribution in [0.1, 0.15) is 30.6 Å². The van der Waals surface area contributed by atoms with Gasteiger partial charge in [0.15, 0.2) is 11.8 Å². The van der Waals surface area contributed by atoms with E-state index in [0.29, 0.717) is 19.8 Å². The van der Waals surface area contributed by atoms with Crippen LogP contribution in [0.3, 0.4) is 0 Å². The average Bonchev–Trinajstić information content (AvgIpc) is 3.07. The molecule has 2 N–H and O–H groups in total. The fraction of sp³-hybridized carbons (Fsp3) is 0.526. The monoisotopic (exact) mass is 500 g/mol. The van der Waals surface area contributed by atoms with Gasteiger partial charge in [0, 0.05) is 33.2 Å². The SMILES string of the molecule is CCOc1cccc(CNC(=NC)NC2CCc3nc(COC)nn3C2)c1.I. The molecule has 0 saturated heterocycles. The van der Waals surface area contributed by atoms with E-state index >= 15 is 0 Å². The second-order valence-electron chi connectivity index (χ2n) is 6.45. The van der Waals surface area contributed by atoms with Gasteiger partial charge < -0.3 is 20.1 Å². The summed E-state index contributed by atoms with van der Waals surface area (Å²) in [6, 6.07) is 8.35. The first kappa shape index (κ1) is 22.4. The van der Waals surface area contributed by atoms with Crippen molar-refractivity contribution >= 4 is 29.9 Å². The summed E-state index contributed by atoms with van der Waals surface area (Å²) in [6.07, 6.45) is 1.88. The normalized spacial score (nSPS) is 16.1. The fourth-order valence-corrected chi connectivity index (χ4v) is 3.15. The van der Waals surface area contributed by atoms with Crippen LogP contribution < -0.4 is 15.4 Å². The lowest BCUT2D eigenvalue weighted by Gasteiger charge is -2.25. The number of nitrogens with zero attached hydrogens (tertiary/aromatic N) is 4. The summed E-state index contributed by atoms with van der Waals surface area (Å²) >= 11 is 0. The zero-order valence-corrected chi connectivity index (χ0v) is 19.0. The van der Waals surface area contributed by atoms with E-state index in [4.69, 9.17) is 9.47 Å². The summed E-state index contributed by atoms with van der Waals surface area (Å²) in [4.78, 5) is 8.86. The molecule has 0 aliphatic carbocycles. The van der Waals surface area contributed by atoms with Gasteiger partial charge in [0.1, 0.15) is 18.2 Å². The molecule has 0 fully saturated rings. The molecule has 1 atom stereocenters. The highest BCUT2D eigenvalue weighted by atomic mass is 127. The lowest BCUT2D eigenvalue weighted by molar-refractivity contribution is 0.177. The van der Waals surface area contributed by atoms with Crippen LogP contribution >= 0.6 is 24.0 Å². The number of aryl methyl sites for hydroxylation is 1. The molecule has 1 unspecified atom stereocenters. The third-order valence-electron chi connectivity index (χ3n) is 4.41. The first-order chi connectivity index (χ1) is 13.2. The zero-order chi connectivity index (χ0) is 19.1. The molecule has 0 spiro atoms. The van der Waals surface area contributed by atoms with E-state index in [9.17, 15) is 0 Å². The Morgan fingerprint density at radius 1 is 1.39 bits per heavy atom. The molecule has 1 aromatic carbocycles. The highest BCUT2D eigenvalue weighted by Gasteiger charge is 2.22. The van der Waals surface area contributed by atoms with Crippen molar-refractivity contribution in [2.24, 2.45) is 4.99 Å². The molecule has 1 aromatic heterocycles. The minimum Gasteiger partial charge on any atom is -0.494 e. The average molecular weight is 500 g/mol. The molecule has 1 aliphatic rings. The van der Waals surface area contributed by atoms with E-state index in [1.54, 1.807) is 14.2 Å². The molecule has 0 amide bonds. The number of methoxy groups -OCH3 is 1. The summed E-state index contributed by atoms with van der Waals surface area (Å²) in [7, 11) is 3.44. The molecular formula is C19H29IN6O2. The zero-order valence-electron chi connectivity index (χ0n) is 16.6. The lowest BCUT2D eigenvalue weighted by Crippen LogP contribution is -2.46. The van der Waals surface area contributed by atoms with Gasteiger partial charge in [-0.05, 0) is 31.0 Å². The Morgan fingerprint density at radius 3 is 3.00 bits per heavy atom. The van der Waals surface area contributed by atoms with Crippen molar-refractivity contribution in [3.05, 3.63) is 41.5 Å². The van der Waals surface area contributed by atoms with Crippen molar-refractivity contribution in [1.82, 2.24) is 25.4 Å². The number of aromatic nitrogens is 3. The highest BCUT2D eigenvalue weighted by molar-refractivity contribution is 14.0. The number of hydrogen-bond acceptors (Lipinski definition) is 5. The molecule has 8 nitrogen and oxygen atoms in total. The van der Waals surface area contributed by atoms with E-state index < -0.39 is 0 Å². The third-order valence-corrected chi connectivity index (χ3v) is 4.41. The van der Waals surface area contributed by atoms with Gasteiger partial charge >= 0.3 is 0 Å². The van der Waals surface area contributed by atoms with E-state index in [0.717, 1.165) is 48.3 Å². The topological polar surface area (TPSA) is 85.6 Å². The number of benzene rings is 1. The maximum absolute atomic E-state index is 5.56. The van der Waals surface area contributed by atoms with E-state index in [1.807, 2.05) is 29.8 Å². The van der Waals surface area contributed by atoms with Gasteiger partial charge in [0.05, 0.1) is 13.2 Å². The van der Waals surface area contributed by atoms with Crippen LogP contribution in [-0.2, 0) is 30.9 Å². The number of aliphatic imine (C=N–C) groups is 1. The second kappa shape index (κ2) is 11.2.